The maximum absolute atomic E-state index is 13.3. The first kappa shape index (κ1) is 19.5. The van der Waals surface area contributed by atoms with Gasteiger partial charge in [-0.1, -0.05) is 41.6 Å². The van der Waals surface area contributed by atoms with E-state index in [-0.39, 0.29) is 5.56 Å². The minimum absolute atomic E-state index is 0.0698. The van der Waals surface area contributed by atoms with E-state index in [4.69, 9.17) is 16.6 Å². The fourth-order valence-corrected chi connectivity index (χ4v) is 5.26. The molecular weight excluding hydrogens is 390 g/mol. The molecule has 2 heterocycles. The van der Waals surface area contributed by atoms with Gasteiger partial charge in [-0.3, -0.25) is 9.36 Å². The van der Waals surface area contributed by atoms with Crippen molar-refractivity contribution in [2.75, 3.05) is 32.4 Å². The second kappa shape index (κ2) is 8.27. The Morgan fingerprint density at radius 2 is 1.86 bits per heavy atom. The van der Waals surface area contributed by atoms with Gasteiger partial charge in [0.05, 0.1) is 49.0 Å². The Labute approximate surface area is 174 Å². The molecule has 1 aromatic heterocycles. The third kappa shape index (κ3) is 4.12. The molecule has 146 valence electrons. The van der Waals surface area contributed by atoms with E-state index in [1.807, 2.05) is 36.4 Å². The van der Waals surface area contributed by atoms with Crippen molar-refractivity contribution < 1.29 is 4.48 Å². The standard InChI is InChI=1S/C22H25ClN3OS/c1-26(12-6-3-7-13-26)14-15-28-22-24-20-11-10-17(23)16-19(20)21(27)25(22)18-8-4-2-5-9-18/h2,4-5,8-11,16H,3,6-7,12-15H2,1H3/q+1. The van der Waals surface area contributed by atoms with Crippen LogP contribution < -0.4 is 5.56 Å². The zero-order chi connectivity index (χ0) is 19.6. The van der Waals surface area contributed by atoms with Crippen LogP contribution in [-0.2, 0) is 0 Å². The molecule has 4 rings (SSSR count). The summed E-state index contributed by atoms with van der Waals surface area (Å²) >= 11 is 7.80. The van der Waals surface area contributed by atoms with Crippen LogP contribution in [0.4, 0.5) is 0 Å². The van der Waals surface area contributed by atoms with Gasteiger partial charge >= 0.3 is 0 Å². The summed E-state index contributed by atoms with van der Waals surface area (Å²) in [5, 5.41) is 1.85. The van der Waals surface area contributed by atoms with Gasteiger partial charge < -0.3 is 4.48 Å². The largest absolute Gasteiger partial charge is 0.325 e. The molecule has 0 unspecified atom stereocenters. The smallest absolute Gasteiger partial charge is 0.266 e. The van der Waals surface area contributed by atoms with Crippen molar-refractivity contribution in [2.45, 2.75) is 24.4 Å². The number of thioether (sulfide) groups is 1. The zero-order valence-corrected chi connectivity index (χ0v) is 17.7. The highest BCUT2D eigenvalue weighted by Gasteiger charge is 2.24. The number of hydrogen-bond acceptors (Lipinski definition) is 3. The highest BCUT2D eigenvalue weighted by Crippen LogP contribution is 2.24. The van der Waals surface area contributed by atoms with Crippen molar-refractivity contribution in [3.05, 3.63) is 63.9 Å². The van der Waals surface area contributed by atoms with E-state index < -0.39 is 0 Å². The average Bonchev–Trinajstić information content (AvgIpc) is 2.70. The van der Waals surface area contributed by atoms with Gasteiger partial charge in [0.2, 0.25) is 0 Å². The number of para-hydroxylation sites is 1. The Bertz CT molecular complexity index is 1030. The van der Waals surface area contributed by atoms with Gasteiger partial charge in [-0.15, -0.1) is 0 Å². The molecule has 1 aliphatic heterocycles. The number of halogens is 1. The monoisotopic (exact) mass is 414 g/mol. The molecule has 28 heavy (non-hydrogen) atoms. The van der Waals surface area contributed by atoms with Crippen molar-refractivity contribution in [3.63, 3.8) is 0 Å². The van der Waals surface area contributed by atoms with Crippen molar-refractivity contribution in [1.29, 1.82) is 0 Å². The SMILES string of the molecule is C[N+]1(CCSc2nc3ccc(Cl)cc3c(=O)n2-c2ccccc2)CCCCC1. The number of benzene rings is 2. The topological polar surface area (TPSA) is 34.9 Å². The van der Waals surface area contributed by atoms with Gasteiger partial charge in [0.25, 0.3) is 5.56 Å². The lowest BCUT2D eigenvalue weighted by atomic mass is 10.1. The van der Waals surface area contributed by atoms with Crippen molar-refractivity contribution in [1.82, 2.24) is 9.55 Å². The second-order valence-electron chi connectivity index (χ2n) is 7.73. The summed E-state index contributed by atoms with van der Waals surface area (Å²) in [6.07, 6.45) is 3.97. The number of hydrogen-bond donors (Lipinski definition) is 0. The van der Waals surface area contributed by atoms with Crippen LogP contribution in [0.5, 0.6) is 0 Å². The predicted octanol–water partition coefficient (Wildman–Crippen LogP) is 4.76. The van der Waals surface area contributed by atoms with Crippen LogP contribution in [0.3, 0.4) is 0 Å². The van der Waals surface area contributed by atoms with E-state index in [0.717, 1.165) is 27.6 Å². The molecule has 0 saturated carbocycles. The maximum Gasteiger partial charge on any atom is 0.266 e. The molecule has 0 amide bonds. The van der Waals surface area contributed by atoms with Crippen molar-refractivity contribution in [3.8, 4) is 5.69 Å². The molecule has 0 radical (unpaired) electrons. The minimum Gasteiger partial charge on any atom is -0.325 e. The van der Waals surface area contributed by atoms with Crippen LogP contribution >= 0.6 is 23.4 Å². The number of likely N-dealkylation sites (tertiary alicyclic amines) is 1. The van der Waals surface area contributed by atoms with E-state index in [1.165, 1.54) is 32.4 Å². The molecule has 4 nitrogen and oxygen atoms in total. The van der Waals surface area contributed by atoms with Gasteiger partial charge in [-0.05, 0) is 49.6 Å². The summed E-state index contributed by atoms with van der Waals surface area (Å²) in [7, 11) is 2.35. The van der Waals surface area contributed by atoms with E-state index in [9.17, 15) is 4.79 Å². The lowest BCUT2D eigenvalue weighted by molar-refractivity contribution is -0.911. The van der Waals surface area contributed by atoms with Crippen molar-refractivity contribution in [2.24, 2.45) is 0 Å². The number of rotatable bonds is 5. The molecular formula is C22H25ClN3OS+. The van der Waals surface area contributed by atoms with Crippen LogP contribution in [-0.4, -0.2) is 46.5 Å². The third-order valence-electron chi connectivity index (χ3n) is 5.57. The molecule has 2 aromatic carbocycles. The highest BCUT2D eigenvalue weighted by atomic mass is 35.5. The summed E-state index contributed by atoms with van der Waals surface area (Å²) in [5.41, 5.74) is 1.46. The number of fused-ring (bicyclic) bond motifs is 1. The maximum atomic E-state index is 13.3. The van der Waals surface area contributed by atoms with Crippen LogP contribution in [0.2, 0.25) is 5.02 Å². The quantitative estimate of drug-likeness (QED) is 0.343. The Morgan fingerprint density at radius 1 is 1.11 bits per heavy atom. The normalized spacial score (nSPS) is 16.4. The molecule has 6 heteroatoms. The number of aromatic nitrogens is 2. The number of piperidine rings is 1. The molecule has 0 N–H and O–H groups in total. The fourth-order valence-electron chi connectivity index (χ4n) is 3.90. The molecule has 0 aliphatic carbocycles. The second-order valence-corrected chi connectivity index (χ2v) is 9.23. The Kier molecular flexibility index (Phi) is 5.76. The number of quaternary nitrogens is 1. The molecule has 1 fully saturated rings. The first-order chi connectivity index (χ1) is 13.6. The first-order valence-electron chi connectivity index (χ1n) is 9.80. The van der Waals surface area contributed by atoms with Gasteiger partial charge in [0, 0.05) is 5.02 Å². The Morgan fingerprint density at radius 3 is 2.61 bits per heavy atom. The minimum atomic E-state index is -0.0698. The lowest BCUT2D eigenvalue weighted by Crippen LogP contribution is -2.49. The summed E-state index contributed by atoms with van der Waals surface area (Å²) < 4.78 is 2.84. The van der Waals surface area contributed by atoms with E-state index in [0.29, 0.717) is 15.9 Å². The molecule has 0 spiro atoms. The Balaban J connectivity index is 1.70. The van der Waals surface area contributed by atoms with Crippen molar-refractivity contribution >= 4 is 34.3 Å². The van der Waals surface area contributed by atoms with Crippen LogP contribution in [0.15, 0.2) is 58.5 Å². The van der Waals surface area contributed by atoms with Gasteiger partial charge in [-0.2, -0.15) is 0 Å². The van der Waals surface area contributed by atoms with E-state index >= 15 is 0 Å². The molecule has 1 aliphatic rings. The average molecular weight is 415 g/mol. The van der Waals surface area contributed by atoms with Crippen LogP contribution in [0.1, 0.15) is 19.3 Å². The fraction of sp³-hybridized carbons (Fsp3) is 0.364. The van der Waals surface area contributed by atoms with Crippen LogP contribution in [0, 0.1) is 0 Å². The number of nitrogens with zero attached hydrogens (tertiary/aromatic N) is 3. The van der Waals surface area contributed by atoms with E-state index in [2.05, 4.69) is 7.05 Å². The Hall–Kier alpha value is -1.82. The molecule has 0 bridgehead atoms. The highest BCUT2D eigenvalue weighted by molar-refractivity contribution is 7.99. The summed E-state index contributed by atoms with van der Waals surface area (Å²) in [6, 6.07) is 15.1. The van der Waals surface area contributed by atoms with Gasteiger partial charge in [0.1, 0.15) is 0 Å². The first-order valence-corrected chi connectivity index (χ1v) is 11.2. The molecule has 3 aromatic rings. The zero-order valence-electron chi connectivity index (χ0n) is 16.1. The molecule has 0 atom stereocenters. The summed E-state index contributed by atoms with van der Waals surface area (Å²) in [6.45, 7) is 3.58. The van der Waals surface area contributed by atoms with Crippen LogP contribution in [0.25, 0.3) is 16.6 Å². The predicted molar refractivity (Wildman–Crippen MR) is 118 cm³/mol. The summed E-state index contributed by atoms with van der Waals surface area (Å²) in [4.78, 5) is 18.1. The van der Waals surface area contributed by atoms with Gasteiger partial charge in [-0.25, -0.2) is 4.98 Å². The third-order valence-corrected chi connectivity index (χ3v) is 6.73. The summed E-state index contributed by atoms with van der Waals surface area (Å²) in [5.74, 6) is 0.939. The molecule has 1 saturated heterocycles. The van der Waals surface area contributed by atoms with Gasteiger partial charge in [0.15, 0.2) is 5.16 Å². The lowest BCUT2D eigenvalue weighted by Gasteiger charge is -2.37. The van der Waals surface area contributed by atoms with E-state index in [1.54, 1.807) is 28.5 Å².